The average molecular weight is 452 g/mol. The van der Waals surface area contributed by atoms with Crippen LogP contribution < -0.4 is 10.2 Å². The number of rotatable bonds is 5. The smallest absolute Gasteiger partial charge is 0.317 e. The minimum Gasteiger partial charge on any atom is -0.366 e. The number of piperazine rings is 1. The molecule has 1 N–H and O–H groups in total. The summed E-state index contributed by atoms with van der Waals surface area (Å²) < 4.78 is 0. The van der Waals surface area contributed by atoms with Crippen LogP contribution in [0.3, 0.4) is 0 Å². The lowest BCUT2D eigenvalue weighted by molar-refractivity contribution is 0.178. The Balaban J connectivity index is 1.46. The Bertz CT molecular complexity index is 773. The van der Waals surface area contributed by atoms with Crippen LogP contribution in [0.15, 0.2) is 18.2 Å². The van der Waals surface area contributed by atoms with Crippen molar-refractivity contribution in [3.8, 4) is 6.07 Å². The van der Waals surface area contributed by atoms with E-state index in [0.29, 0.717) is 22.5 Å². The Hall–Kier alpha value is -1.68. The van der Waals surface area contributed by atoms with Crippen molar-refractivity contribution >= 4 is 34.9 Å². The third-order valence-corrected chi connectivity index (χ3v) is 7.13. The number of carbonyl (C=O) groups is 1. The molecule has 0 bridgehead atoms. The highest BCUT2D eigenvalue weighted by atomic mass is 35.5. The molecule has 1 aliphatic heterocycles. The maximum absolute atomic E-state index is 11.8. The second-order valence-corrected chi connectivity index (χ2v) is 9.34. The second-order valence-electron chi connectivity index (χ2n) is 8.55. The highest BCUT2D eigenvalue weighted by molar-refractivity contribution is 6.43. The van der Waals surface area contributed by atoms with E-state index in [1.165, 1.54) is 0 Å². The van der Waals surface area contributed by atoms with E-state index in [0.717, 1.165) is 57.4 Å². The SMILES string of the molecule is CN(C)C(=O)N[C@H]1CC[C@H](CCN2CCN(c3cccc(Cl)c3Cl)C[C@H]2C#N)CC1. The van der Waals surface area contributed by atoms with Gasteiger partial charge in [0.15, 0.2) is 0 Å². The Kier molecular flexibility index (Phi) is 8.10. The van der Waals surface area contributed by atoms with Gasteiger partial charge in [-0.05, 0) is 56.7 Å². The molecule has 8 heteroatoms. The number of anilines is 1. The molecule has 1 aromatic carbocycles. The number of carbonyl (C=O) groups excluding carboxylic acids is 1. The molecule has 0 aromatic heterocycles. The molecule has 2 aliphatic rings. The van der Waals surface area contributed by atoms with E-state index in [2.05, 4.69) is 21.2 Å². The van der Waals surface area contributed by atoms with E-state index in [-0.39, 0.29) is 18.1 Å². The van der Waals surface area contributed by atoms with Crippen LogP contribution in [-0.4, -0.2) is 68.2 Å². The second kappa shape index (κ2) is 10.6. The summed E-state index contributed by atoms with van der Waals surface area (Å²) in [5.74, 6) is 0.664. The van der Waals surface area contributed by atoms with E-state index in [1.807, 2.05) is 12.1 Å². The summed E-state index contributed by atoms with van der Waals surface area (Å²) in [5.41, 5.74) is 0.905. The van der Waals surface area contributed by atoms with Crippen LogP contribution in [0.1, 0.15) is 32.1 Å². The summed E-state index contributed by atoms with van der Waals surface area (Å²) in [6, 6.07) is 8.25. The first-order chi connectivity index (χ1) is 14.4. The van der Waals surface area contributed by atoms with E-state index in [1.54, 1.807) is 25.1 Å². The maximum Gasteiger partial charge on any atom is 0.317 e. The van der Waals surface area contributed by atoms with Crippen molar-refractivity contribution in [3.63, 3.8) is 0 Å². The first kappa shape index (κ1) is 23.0. The first-order valence-electron chi connectivity index (χ1n) is 10.7. The number of nitrogens with zero attached hydrogens (tertiary/aromatic N) is 4. The Morgan fingerprint density at radius 3 is 2.63 bits per heavy atom. The van der Waals surface area contributed by atoms with Gasteiger partial charge in [-0.2, -0.15) is 5.26 Å². The largest absolute Gasteiger partial charge is 0.366 e. The fourth-order valence-electron chi connectivity index (χ4n) is 4.41. The minimum atomic E-state index is -0.149. The summed E-state index contributed by atoms with van der Waals surface area (Å²) in [6.07, 6.45) is 5.44. The van der Waals surface area contributed by atoms with Gasteiger partial charge in [0, 0.05) is 39.8 Å². The van der Waals surface area contributed by atoms with Crippen molar-refractivity contribution in [1.29, 1.82) is 5.26 Å². The zero-order chi connectivity index (χ0) is 21.7. The van der Waals surface area contributed by atoms with Gasteiger partial charge in [0.2, 0.25) is 0 Å². The molecule has 6 nitrogen and oxygen atoms in total. The molecule has 1 heterocycles. The molecule has 0 radical (unpaired) electrons. The molecule has 3 rings (SSSR count). The summed E-state index contributed by atoms with van der Waals surface area (Å²) in [4.78, 5) is 17.9. The number of nitriles is 1. The Morgan fingerprint density at radius 1 is 1.23 bits per heavy atom. The predicted octanol–water partition coefficient (Wildman–Crippen LogP) is 4.23. The highest BCUT2D eigenvalue weighted by Crippen LogP contribution is 2.34. The molecule has 1 saturated carbocycles. The fraction of sp³-hybridized carbons (Fsp3) is 0.636. The molecule has 0 unspecified atom stereocenters. The van der Waals surface area contributed by atoms with E-state index >= 15 is 0 Å². The number of urea groups is 1. The topological polar surface area (TPSA) is 62.6 Å². The molecule has 0 spiro atoms. The van der Waals surface area contributed by atoms with Crippen molar-refractivity contribution in [2.45, 2.75) is 44.2 Å². The third kappa shape index (κ3) is 5.72. The number of nitrogens with one attached hydrogen (secondary N) is 1. The quantitative estimate of drug-likeness (QED) is 0.727. The average Bonchev–Trinajstić information content (AvgIpc) is 2.75. The van der Waals surface area contributed by atoms with Gasteiger partial charge >= 0.3 is 6.03 Å². The van der Waals surface area contributed by atoms with Gasteiger partial charge in [-0.3, -0.25) is 4.90 Å². The molecule has 1 atom stereocenters. The van der Waals surface area contributed by atoms with Gasteiger partial charge in [0.1, 0.15) is 6.04 Å². The van der Waals surface area contributed by atoms with Gasteiger partial charge in [0.05, 0.1) is 21.8 Å². The fourth-order valence-corrected chi connectivity index (χ4v) is 4.83. The number of halogens is 2. The highest BCUT2D eigenvalue weighted by Gasteiger charge is 2.29. The third-order valence-electron chi connectivity index (χ3n) is 6.32. The molecular weight excluding hydrogens is 421 g/mol. The zero-order valence-corrected chi connectivity index (χ0v) is 19.3. The summed E-state index contributed by atoms with van der Waals surface area (Å²) in [5, 5.41) is 13.9. The van der Waals surface area contributed by atoms with Crippen LogP contribution in [-0.2, 0) is 0 Å². The molecule has 1 aliphatic carbocycles. The lowest BCUT2D eigenvalue weighted by Crippen LogP contribution is -2.53. The van der Waals surface area contributed by atoms with E-state index in [9.17, 15) is 10.1 Å². The van der Waals surface area contributed by atoms with Crippen molar-refractivity contribution in [2.24, 2.45) is 5.92 Å². The molecule has 1 aromatic rings. The van der Waals surface area contributed by atoms with Gasteiger partial charge in [-0.15, -0.1) is 0 Å². The molecule has 164 valence electrons. The van der Waals surface area contributed by atoms with Gasteiger partial charge in [0.25, 0.3) is 0 Å². The normalized spacial score (nSPS) is 24.9. The van der Waals surface area contributed by atoms with Crippen molar-refractivity contribution in [3.05, 3.63) is 28.2 Å². The molecular formula is C22H31Cl2N5O. The van der Waals surface area contributed by atoms with Crippen molar-refractivity contribution in [2.75, 3.05) is 45.2 Å². The zero-order valence-electron chi connectivity index (χ0n) is 17.8. The van der Waals surface area contributed by atoms with Crippen LogP contribution in [0, 0.1) is 17.2 Å². The lowest BCUT2D eigenvalue weighted by atomic mass is 9.84. The number of amides is 2. The number of benzene rings is 1. The number of hydrogen-bond acceptors (Lipinski definition) is 4. The van der Waals surface area contributed by atoms with Crippen LogP contribution in [0.4, 0.5) is 10.5 Å². The first-order valence-corrected chi connectivity index (χ1v) is 11.4. The van der Waals surface area contributed by atoms with Gasteiger partial charge in [-0.25, -0.2) is 4.79 Å². The van der Waals surface area contributed by atoms with Crippen molar-refractivity contribution in [1.82, 2.24) is 15.1 Å². The van der Waals surface area contributed by atoms with E-state index < -0.39 is 0 Å². The molecule has 2 amide bonds. The van der Waals surface area contributed by atoms with Crippen LogP contribution in [0.5, 0.6) is 0 Å². The van der Waals surface area contributed by atoms with Crippen LogP contribution in [0.2, 0.25) is 10.0 Å². The number of hydrogen-bond donors (Lipinski definition) is 1. The summed E-state index contributed by atoms with van der Waals surface area (Å²) in [7, 11) is 3.54. The lowest BCUT2D eigenvalue weighted by Gasteiger charge is -2.40. The molecule has 2 fully saturated rings. The van der Waals surface area contributed by atoms with Crippen LogP contribution in [0.25, 0.3) is 0 Å². The molecule has 1 saturated heterocycles. The van der Waals surface area contributed by atoms with Gasteiger partial charge < -0.3 is 15.1 Å². The maximum atomic E-state index is 11.8. The summed E-state index contributed by atoms with van der Waals surface area (Å²) in [6.45, 7) is 3.26. The monoisotopic (exact) mass is 451 g/mol. The van der Waals surface area contributed by atoms with E-state index in [4.69, 9.17) is 23.2 Å². The minimum absolute atomic E-state index is 0.00649. The molecule has 30 heavy (non-hydrogen) atoms. The van der Waals surface area contributed by atoms with Crippen molar-refractivity contribution < 1.29 is 4.79 Å². The Labute approximate surface area is 189 Å². The summed E-state index contributed by atoms with van der Waals surface area (Å²) >= 11 is 12.5. The predicted molar refractivity (Wildman–Crippen MR) is 122 cm³/mol. The standard InChI is InChI=1S/C22H31Cl2N5O/c1-27(2)22(30)26-17-8-6-16(7-9-17)10-11-28-12-13-29(15-18(28)14-25)20-5-3-4-19(23)21(20)24/h3-5,16-18H,6-13,15H2,1-2H3,(H,26,30)/t16-,17-,18-/m1/s1. The van der Waals surface area contributed by atoms with Gasteiger partial charge in [-0.1, -0.05) is 29.3 Å². The Morgan fingerprint density at radius 2 is 1.97 bits per heavy atom. The van der Waals surface area contributed by atoms with Crippen LogP contribution >= 0.6 is 23.2 Å².